The van der Waals surface area contributed by atoms with Crippen LogP contribution < -0.4 is 19.1 Å². The van der Waals surface area contributed by atoms with E-state index in [1.807, 2.05) is 13.8 Å². The van der Waals surface area contributed by atoms with Crippen LogP contribution in [0.4, 0.5) is 5.69 Å². The van der Waals surface area contributed by atoms with Crippen molar-refractivity contribution >= 4 is 50.7 Å². The van der Waals surface area contributed by atoms with Gasteiger partial charge in [0.15, 0.2) is 0 Å². The van der Waals surface area contributed by atoms with E-state index in [-0.39, 0.29) is 36.4 Å². The molecule has 0 saturated carbocycles. The minimum atomic E-state index is -3.95. The van der Waals surface area contributed by atoms with Gasteiger partial charge in [0, 0.05) is 34.3 Å². The van der Waals surface area contributed by atoms with Crippen LogP contribution in [-0.2, 0) is 26.2 Å². The van der Waals surface area contributed by atoms with E-state index in [0.29, 0.717) is 21.4 Å². The molecule has 12 heteroatoms. The molecule has 0 fully saturated rings. The zero-order chi connectivity index (χ0) is 27.9. The molecule has 0 bridgehead atoms. The molecule has 0 saturated heterocycles. The second kappa shape index (κ2) is 13.2. The number of nitrogens with zero attached hydrogens (tertiary/aromatic N) is 2. The molecule has 0 aliphatic rings. The van der Waals surface area contributed by atoms with Crippen molar-refractivity contribution in [2.45, 2.75) is 45.8 Å². The van der Waals surface area contributed by atoms with Gasteiger partial charge in [0.25, 0.3) is 0 Å². The number of amides is 2. The Morgan fingerprint density at radius 2 is 1.68 bits per heavy atom. The molecule has 0 spiro atoms. The van der Waals surface area contributed by atoms with Gasteiger partial charge in [-0.3, -0.25) is 13.9 Å². The van der Waals surface area contributed by atoms with Crippen molar-refractivity contribution < 1.29 is 27.5 Å². The SMILES string of the molecule is CCC(C(=O)NC(C)C)N(Cc1c(Cl)cccc1Cl)C(=O)CN(c1ccc(OC)cc1OC)S(C)(=O)=O. The van der Waals surface area contributed by atoms with Crippen molar-refractivity contribution in [3.63, 3.8) is 0 Å². The summed E-state index contributed by atoms with van der Waals surface area (Å²) in [4.78, 5) is 28.2. The zero-order valence-electron chi connectivity index (χ0n) is 21.7. The minimum Gasteiger partial charge on any atom is -0.497 e. The van der Waals surface area contributed by atoms with Crippen LogP contribution in [0.15, 0.2) is 36.4 Å². The highest BCUT2D eigenvalue weighted by Gasteiger charge is 2.33. The molecule has 0 heterocycles. The van der Waals surface area contributed by atoms with Gasteiger partial charge >= 0.3 is 0 Å². The highest BCUT2D eigenvalue weighted by molar-refractivity contribution is 7.92. The molecule has 9 nitrogen and oxygen atoms in total. The number of methoxy groups -OCH3 is 2. The lowest BCUT2D eigenvalue weighted by Crippen LogP contribution is -2.53. The Morgan fingerprint density at radius 3 is 2.16 bits per heavy atom. The first-order valence-electron chi connectivity index (χ1n) is 11.6. The van der Waals surface area contributed by atoms with Crippen molar-refractivity contribution in [2.24, 2.45) is 0 Å². The fourth-order valence-corrected chi connectivity index (χ4v) is 5.11. The molecule has 0 aliphatic carbocycles. The summed E-state index contributed by atoms with van der Waals surface area (Å²) in [5.41, 5.74) is 0.595. The summed E-state index contributed by atoms with van der Waals surface area (Å²) in [6, 6.07) is 8.43. The monoisotopic (exact) mass is 573 g/mol. The average Bonchev–Trinajstić information content (AvgIpc) is 2.82. The minimum absolute atomic E-state index is 0.0985. The highest BCUT2D eigenvalue weighted by atomic mass is 35.5. The maximum absolute atomic E-state index is 13.8. The topological polar surface area (TPSA) is 105 Å². The maximum atomic E-state index is 13.8. The number of hydrogen-bond donors (Lipinski definition) is 1. The molecule has 0 aliphatic heterocycles. The van der Waals surface area contributed by atoms with E-state index in [1.54, 1.807) is 31.2 Å². The molecule has 204 valence electrons. The maximum Gasteiger partial charge on any atom is 0.244 e. The Bertz CT molecular complexity index is 1200. The van der Waals surface area contributed by atoms with Crippen LogP contribution in [0, 0.1) is 0 Å². The molecule has 1 N–H and O–H groups in total. The number of rotatable bonds is 12. The number of benzene rings is 2. The van der Waals surface area contributed by atoms with E-state index >= 15 is 0 Å². The Labute approximate surface area is 228 Å². The van der Waals surface area contributed by atoms with E-state index in [1.165, 1.54) is 31.3 Å². The second-order valence-corrected chi connectivity index (χ2v) is 11.3. The van der Waals surface area contributed by atoms with Crippen LogP contribution in [0.5, 0.6) is 11.5 Å². The quantitative estimate of drug-likeness (QED) is 0.409. The standard InChI is InChI=1S/C25H33Cl2N3O6S/c1-7-21(25(32)28-16(2)3)29(14-18-19(26)9-8-10-20(18)27)24(31)15-30(37(6,33)34)22-12-11-17(35-4)13-23(22)36-5/h8-13,16,21H,7,14-15H2,1-6H3,(H,28,32). The number of halogens is 2. The number of anilines is 1. The highest BCUT2D eigenvalue weighted by Crippen LogP contribution is 2.34. The molecular weight excluding hydrogens is 541 g/mol. The Kier molecular flexibility index (Phi) is 10.9. The van der Waals surface area contributed by atoms with Crippen molar-refractivity contribution in [3.8, 4) is 11.5 Å². The first-order valence-corrected chi connectivity index (χ1v) is 14.2. The Morgan fingerprint density at radius 1 is 1.05 bits per heavy atom. The van der Waals surface area contributed by atoms with Gasteiger partial charge in [0.2, 0.25) is 21.8 Å². The molecule has 2 rings (SSSR count). The number of sulfonamides is 1. The summed E-state index contributed by atoms with van der Waals surface area (Å²) in [6.45, 7) is 4.69. The van der Waals surface area contributed by atoms with Crippen molar-refractivity contribution in [1.29, 1.82) is 0 Å². The number of ether oxygens (including phenoxy) is 2. The first kappa shape index (κ1) is 30.5. The molecule has 37 heavy (non-hydrogen) atoms. The van der Waals surface area contributed by atoms with Crippen LogP contribution in [0.3, 0.4) is 0 Å². The van der Waals surface area contributed by atoms with E-state index in [9.17, 15) is 18.0 Å². The van der Waals surface area contributed by atoms with Crippen LogP contribution >= 0.6 is 23.2 Å². The van der Waals surface area contributed by atoms with Crippen LogP contribution in [-0.4, -0.2) is 64.2 Å². The van der Waals surface area contributed by atoms with Gasteiger partial charge in [-0.1, -0.05) is 36.2 Å². The summed E-state index contributed by atoms with van der Waals surface area (Å²) in [5, 5.41) is 3.47. The van der Waals surface area contributed by atoms with Crippen LogP contribution in [0.2, 0.25) is 10.0 Å². The van der Waals surface area contributed by atoms with Gasteiger partial charge in [0.1, 0.15) is 24.1 Å². The molecule has 2 amide bonds. The lowest BCUT2D eigenvalue weighted by Gasteiger charge is -2.33. The molecule has 2 aromatic carbocycles. The van der Waals surface area contributed by atoms with Gasteiger partial charge in [-0.25, -0.2) is 8.42 Å². The number of carbonyl (C=O) groups excluding carboxylic acids is 2. The van der Waals surface area contributed by atoms with E-state index < -0.39 is 28.5 Å². The van der Waals surface area contributed by atoms with Crippen LogP contribution in [0.1, 0.15) is 32.8 Å². The summed E-state index contributed by atoms with van der Waals surface area (Å²) in [5.74, 6) is -0.346. The molecule has 2 aromatic rings. The predicted molar refractivity (Wildman–Crippen MR) is 146 cm³/mol. The summed E-state index contributed by atoms with van der Waals surface area (Å²) in [7, 11) is -1.09. The van der Waals surface area contributed by atoms with Gasteiger partial charge < -0.3 is 19.7 Å². The number of carbonyl (C=O) groups is 2. The lowest BCUT2D eigenvalue weighted by atomic mass is 10.1. The largest absolute Gasteiger partial charge is 0.497 e. The molecule has 1 unspecified atom stereocenters. The first-order chi connectivity index (χ1) is 17.3. The summed E-state index contributed by atoms with van der Waals surface area (Å²) < 4.78 is 37.2. The zero-order valence-corrected chi connectivity index (χ0v) is 24.1. The Hall–Kier alpha value is -2.69. The fourth-order valence-electron chi connectivity index (χ4n) is 3.74. The van der Waals surface area contributed by atoms with Gasteiger partial charge in [0.05, 0.1) is 26.2 Å². The van der Waals surface area contributed by atoms with Crippen molar-refractivity contribution in [3.05, 3.63) is 52.0 Å². The third-order valence-electron chi connectivity index (χ3n) is 5.54. The van der Waals surface area contributed by atoms with Crippen molar-refractivity contribution in [2.75, 3.05) is 31.3 Å². The molecule has 1 atom stereocenters. The predicted octanol–water partition coefficient (Wildman–Crippen LogP) is 4.11. The van der Waals surface area contributed by atoms with Gasteiger partial charge in [-0.05, 0) is 44.5 Å². The summed E-state index contributed by atoms with van der Waals surface area (Å²) >= 11 is 12.7. The van der Waals surface area contributed by atoms with Gasteiger partial charge in [-0.2, -0.15) is 0 Å². The Balaban J connectivity index is 2.57. The summed E-state index contributed by atoms with van der Waals surface area (Å²) in [6.07, 6.45) is 1.26. The van der Waals surface area contributed by atoms with Crippen molar-refractivity contribution in [1.82, 2.24) is 10.2 Å². The molecule has 0 aromatic heterocycles. The van der Waals surface area contributed by atoms with E-state index in [4.69, 9.17) is 32.7 Å². The van der Waals surface area contributed by atoms with E-state index in [2.05, 4.69) is 5.32 Å². The fraction of sp³-hybridized carbons (Fsp3) is 0.440. The number of hydrogen-bond acceptors (Lipinski definition) is 6. The van der Waals surface area contributed by atoms with E-state index in [0.717, 1.165) is 10.6 Å². The molecular formula is C25H33Cl2N3O6S. The normalized spacial score (nSPS) is 12.1. The third kappa shape index (κ3) is 7.90. The average molecular weight is 575 g/mol. The third-order valence-corrected chi connectivity index (χ3v) is 7.38. The molecule has 0 radical (unpaired) electrons. The smallest absolute Gasteiger partial charge is 0.244 e. The second-order valence-electron chi connectivity index (χ2n) is 8.62. The van der Waals surface area contributed by atoms with Gasteiger partial charge in [-0.15, -0.1) is 0 Å². The number of nitrogens with one attached hydrogen (secondary N) is 1. The van der Waals surface area contributed by atoms with Crippen LogP contribution in [0.25, 0.3) is 0 Å². The lowest BCUT2D eigenvalue weighted by molar-refractivity contribution is -0.140.